The Bertz CT molecular complexity index is 378. The van der Waals surface area contributed by atoms with Gasteiger partial charge in [0.1, 0.15) is 5.75 Å². The Hall–Kier alpha value is -1.16. The smallest absolute Gasteiger partial charge is 0.242 e. The molecule has 0 radical (unpaired) electrons. The summed E-state index contributed by atoms with van der Waals surface area (Å²) in [4.78, 5) is 0. The van der Waals surface area contributed by atoms with E-state index in [4.69, 9.17) is 4.43 Å². The highest BCUT2D eigenvalue weighted by Gasteiger charge is 2.18. The van der Waals surface area contributed by atoms with Crippen LogP contribution in [0.25, 0.3) is 0 Å². The van der Waals surface area contributed by atoms with Crippen molar-refractivity contribution in [3.05, 3.63) is 29.8 Å². The highest BCUT2D eigenvalue weighted by molar-refractivity contribution is 6.70. The molecule has 80 valence electrons. The molecule has 4 heteroatoms. The second-order valence-electron chi connectivity index (χ2n) is 4.78. The van der Waals surface area contributed by atoms with Crippen LogP contribution in [0.2, 0.25) is 19.6 Å². The van der Waals surface area contributed by atoms with Gasteiger partial charge < -0.3 is 4.43 Å². The number of hydrogen-bond donors (Lipinski definition) is 0. The SMILES string of the molecule is C[Si](C)(C)Oc1cccc(CC2N=N2)c1. The van der Waals surface area contributed by atoms with Crippen molar-refractivity contribution >= 4 is 8.32 Å². The van der Waals surface area contributed by atoms with Crippen molar-refractivity contribution in [3.8, 4) is 5.75 Å². The van der Waals surface area contributed by atoms with Gasteiger partial charge in [-0.3, -0.25) is 0 Å². The van der Waals surface area contributed by atoms with Crippen LogP contribution in [0.3, 0.4) is 0 Å². The van der Waals surface area contributed by atoms with Gasteiger partial charge in [0.25, 0.3) is 0 Å². The van der Waals surface area contributed by atoms with Gasteiger partial charge in [-0.2, -0.15) is 10.2 Å². The summed E-state index contributed by atoms with van der Waals surface area (Å²) in [6.07, 6.45) is 1.11. The Morgan fingerprint density at radius 1 is 1.27 bits per heavy atom. The van der Waals surface area contributed by atoms with Crippen LogP contribution in [0.5, 0.6) is 5.75 Å². The van der Waals surface area contributed by atoms with Crippen molar-refractivity contribution in [2.45, 2.75) is 32.2 Å². The number of nitrogens with zero attached hydrogens (tertiary/aromatic N) is 2. The molecule has 1 heterocycles. The summed E-state index contributed by atoms with van der Waals surface area (Å²) in [5.74, 6) is 0.979. The van der Waals surface area contributed by atoms with Gasteiger partial charge in [-0.15, -0.1) is 0 Å². The molecule has 0 unspecified atom stereocenters. The number of benzene rings is 1. The monoisotopic (exact) mass is 220 g/mol. The molecule has 1 aromatic rings. The summed E-state index contributed by atoms with van der Waals surface area (Å²) in [5.41, 5.74) is 1.25. The zero-order chi connectivity index (χ0) is 10.9. The summed E-state index contributed by atoms with van der Waals surface area (Å²) in [7, 11) is -1.49. The van der Waals surface area contributed by atoms with Gasteiger partial charge in [0.2, 0.25) is 8.32 Å². The first-order chi connectivity index (χ1) is 7.03. The third-order valence-corrected chi connectivity index (χ3v) is 2.87. The zero-order valence-electron chi connectivity index (χ0n) is 9.40. The van der Waals surface area contributed by atoms with E-state index in [1.807, 2.05) is 12.1 Å². The van der Waals surface area contributed by atoms with Crippen molar-refractivity contribution in [1.82, 2.24) is 0 Å². The van der Waals surface area contributed by atoms with E-state index in [2.05, 4.69) is 42.0 Å². The molecule has 2 rings (SSSR count). The lowest BCUT2D eigenvalue weighted by molar-refractivity contribution is 0.556. The lowest BCUT2D eigenvalue weighted by atomic mass is 10.1. The van der Waals surface area contributed by atoms with E-state index in [1.165, 1.54) is 5.56 Å². The Labute approximate surface area is 91.3 Å². The van der Waals surface area contributed by atoms with Gasteiger partial charge in [0.05, 0.1) is 0 Å². The fourth-order valence-electron chi connectivity index (χ4n) is 1.43. The third kappa shape index (κ3) is 3.47. The lowest BCUT2D eigenvalue weighted by Crippen LogP contribution is -2.29. The Balaban J connectivity index is 2.04. The van der Waals surface area contributed by atoms with Gasteiger partial charge in [-0.05, 0) is 37.3 Å². The first kappa shape index (κ1) is 10.4. The molecule has 0 amide bonds. The minimum absolute atomic E-state index is 0.201. The molecule has 1 aliphatic rings. The average molecular weight is 220 g/mol. The maximum absolute atomic E-state index is 5.92. The standard InChI is InChI=1S/C11H16N2OSi/c1-15(2,3)14-10-6-4-5-9(7-10)8-11-12-13-11/h4-7,11H,8H2,1-3H3. The molecule has 0 bridgehead atoms. The molecule has 1 aromatic carbocycles. The van der Waals surface area contributed by atoms with Crippen molar-refractivity contribution in [3.63, 3.8) is 0 Å². The minimum Gasteiger partial charge on any atom is -0.544 e. The van der Waals surface area contributed by atoms with E-state index >= 15 is 0 Å². The van der Waals surface area contributed by atoms with Crippen LogP contribution in [-0.4, -0.2) is 14.5 Å². The molecule has 0 N–H and O–H groups in total. The molecule has 0 saturated heterocycles. The van der Waals surface area contributed by atoms with E-state index in [-0.39, 0.29) is 6.17 Å². The van der Waals surface area contributed by atoms with Gasteiger partial charge in [0, 0.05) is 6.42 Å². The van der Waals surface area contributed by atoms with Crippen molar-refractivity contribution in [1.29, 1.82) is 0 Å². The minimum atomic E-state index is -1.49. The normalized spacial score (nSPS) is 15.4. The largest absolute Gasteiger partial charge is 0.544 e. The van der Waals surface area contributed by atoms with E-state index in [0.717, 1.165) is 12.2 Å². The summed E-state index contributed by atoms with van der Waals surface area (Å²) >= 11 is 0. The maximum atomic E-state index is 5.92. The van der Waals surface area contributed by atoms with E-state index < -0.39 is 8.32 Å². The third-order valence-electron chi connectivity index (χ3n) is 2.02. The van der Waals surface area contributed by atoms with Gasteiger partial charge in [0.15, 0.2) is 6.17 Å². The maximum Gasteiger partial charge on any atom is 0.242 e. The van der Waals surface area contributed by atoms with Crippen molar-refractivity contribution in [2.75, 3.05) is 0 Å². The van der Waals surface area contributed by atoms with Gasteiger partial charge in [-0.25, -0.2) is 0 Å². The van der Waals surface area contributed by atoms with E-state index in [0.29, 0.717) is 0 Å². The second-order valence-corrected chi connectivity index (χ2v) is 9.21. The number of hydrogen-bond acceptors (Lipinski definition) is 3. The molecule has 3 nitrogen and oxygen atoms in total. The molecule has 0 aromatic heterocycles. The summed E-state index contributed by atoms with van der Waals surface area (Å²) in [6, 6.07) is 8.25. The van der Waals surface area contributed by atoms with E-state index in [9.17, 15) is 0 Å². The number of rotatable bonds is 4. The Kier molecular flexibility index (Phi) is 2.60. The van der Waals surface area contributed by atoms with Crippen molar-refractivity contribution < 1.29 is 4.43 Å². The molecule has 1 aliphatic heterocycles. The topological polar surface area (TPSA) is 34.0 Å². The van der Waals surface area contributed by atoms with Gasteiger partial charge in [-0.1, -0.05) is 12.1 Å². The molecular formula is C11H16N2OSi. The fraction of sp³-hybridized carbons (Fsp3) is 0.455. The first-order valence-corrected chi connectivity index (χ1v) is 8.62. The molecular weight excluding hydrogens is 204 g/mol. The molecule has 0 fully saturated rings. The summed E-state index contributed by atoms with van der Waals surface area (Å²) in [6.45, 7) is 6.56. The molecule has 15 heavy (non-hydrogen) atoms. The summed E-state index contributed by atoms with van der Waals surface area (Å²) in [5, 5.41) is 7.79. The van der Waals surface area contributed by atoms with Crippen LogP contribution >= 0.6 is 0 Å². The molecule has 0 saturated carbocycles. The predicted octanol–water partition coefficient (Wildman–Crippen LogP) is 3.23. The second kappa shape index (κ2) is 3.77. The quantitative estimate of drug-likeness (QED) is 0.717. The van der Waals surface area contributed by atoms with Crippen LogP contribution in [0, 0.1) is 0 Å². The highest BCUT2D eigenvalue weighted by atomic mass is 28.4. The molecule has 0 aliphatic carbocycles. The Morgan fingerprint density at radius 2 is 2.00 bits per heavy atom. The highest BCUT2D eigenvalue weighted by Crippen LogP contribution is 2.22. The lowest BCUT2D eigenvalue weighted by Gasteiger charge is -2.19. The van der Waals surface area contributed by atoms with Crippen LogP contribution < -0.4 is 4.43 Å². The van der Waals surface area contributed by atoms with E-state index in [1.54, 1.807) is 0 Å². The van der Waals surface area contributed by atoms with Crippen molar-refractivity contribution in [2.24, 2.45) is 10.2 Å². The summed E-state index contributed by atoms with van der Waals surface area (Å²) < 4.78 is 5.92. The fourth-order valence-corrected chi connectivity index (χ4v) is 2.26. The predicted molar refractivity (Wildman–Crippen MR) is 62.8 cm³/mol. The Morgan fingerprint density at radius 3 is 2.60 bits per heavy atom. The molecule has 0 atom stereocenters. The first-order valence-electron chi connectivity index (χ1n) is 5.21. The van der Waals surface area contributed by atoms with Crippen LogP contribution in [0.4, 0.5) is 0 Å². The van der Waals surface area contributed by atoms with Gasteiger partial charge >= 0.3 is 0 Å². The average Bonchev–Trinajstić information content (AvgIpc) is 2.85. The zero-order valence-corrected chi connectivity index (χ0v) is 10.4. The molecule has 0 spiro atoms. The van der Waals surface area contributed by atoms with Crippen LogP contribution in [0.15, 0.2) is 34.5 Å². The van der Waals surface area contributed by atoms with Crippen LogP contribution in [-0.2, 0) is 6.42 Å². The van der Waals surface area contributed by atoms with Crippen LogP contribution in [0.1, 0.15) is 5.56 Å².